The molecule has 0 atom stereocenters. The van der Waals surface area contributed by atoms with Crippen LogP contribution >= 0.6 is 11.6 Å². The molecule has 0 aromatic heterocycles. The van der Waals surface area contributed by atoms with E-state index in [1.807, 2.05) is 39.0 Å². The number of hydrogen-bond donors (Lipinski definition) is 1. The van der Waals surface area contributed by atoms with Gasteiger partial charge in [0.05, 0.1) is 6.21 Å². The minimum atomic E-state index is -0.319. The van der Waals surface area contributed by atoms with Crippen molar-refractivity contribution >= 4 is 23.7 Å². The lowest BCUT2D eigenvalue weighted by molar-refractivity contribution is -0.123. The molecule has 0 fully saturated rings. The summed E-state index contributed by atoms with van der Waals surface area (Å²) in [6.07, 6.45) is 1.63. The van der Waals surface area contributed by atoms with Crippen molar-refractivity contribution in [3.05, 3.63) is 63.7 Å². The van der Waals surface area contributed by atoms with E-state index >= 15 is 0 Å². The average Bonchev–Trinajstić information content (AvgIpc) is 2.50. The minimum Gasteiger partial charge on any atom is -0.483 e. The van der Waals surface area contributed by atoms with Crippen LogP contribution in [0.5, 0.6) is 5.75 Å². The Morgan fingerprint density at radius 1 is 1.17 bits per heavy atom. The molecule has 0 spiro atoms. The molecular weight excluding hydrogens is 312 g/mol. The summed E-state index contributed by atoms with van der Waals surface area (Å²) in [6, 6.07) is 11.3. The fourth-order valence-electron chi connectivity index (χ4n) is 2.02. The monoisotopic (exact) mass is 330 g/mol. The first kappa shape index (κ1) is 17.0. The van der Waals surface area contributed by atoms with Gasteiger partial charge in [-0.05, 0) is 55.7 Å². The van der Waals surface area contributed by atoms with Crippen molar-refractivity contribution in [2.75, 3.05) is 6.61 Å². The number of hydrogen-bond acceptors (Lipinski definition) is 3. The first-order valence-electron chi connectivity index (χ1n) is 7.24. The Morgan fingerprint density at radius 2 is 1.96 bits per heavy atom. The molecule has 5 heteroatoms. The fraction of sp³-hybridized carbons (Fsp3) is 0.222. The van der Waals surface area contributed by atoms with Gasteiger partial charge in [0, 0.05) is 5.02 Å². The molecule has 0 radical (unpaired) electrons. The van der Waals surface area contributed by atoms with Crippen molar-refractivity contribution < 1.29 is 9.53 Å². The number of carbonyl (C=O) groups excluding carboxylic acids is 1. The van der Waals surface area contributed by atoms with Crippen molar-refractivity contribution in [3.8, 4) is 5.75 Å². The quantitative estimate of drug-likeness (QED) is 0.669. The van der Waals surface area contributed by atoms with Crippen LogP contribution in [0.4, 0.5) is 0 Å². The molecule has 0 bridgehead atoms. The maximum absolute atomic E-state index is 11.8. The highest BCUT2D eigenvalue weighted by Gasteiger charge is 2.04. The van der Waals surface area contributed by atoms with Gasteiger partial charge in [-0.2, -0.15) is 5.10 Å². The molecule has 0 aliphatic rings. The van der Waals surface area contributed by atoms with Gasteiger partial charge in [0.2, 0.25) is 0 Å². The summed E-state index contributed by atoms with van der Waals surface area (Å²) in [5.41, 5.74) is 6.55. The summed E-state index contributed by atoms with van der Waals surface area (Å²) in [4.78, 5) is 11.8. The van der Waals surface area contributed by atoms with E-state index in [1.165, 1.54) is 0 Å². The number of halogens is 1. The van der Waals surface area contributed by atoms with E-state index in [-0.39, 0.29) is 12.5 Å². The topological polar surface area (TPSA) is 50.7 Å². The Labute approximate surface area is 141 Å². The number of nitrogens with one attached hydrogen (secondary N) is 1. The van der Waals surface area contributed by atoms with Crippen LogP contribution in [-0.4, -0.2) is 18.7 Å². The van der Waals surface area contributed by atoms with E-state index in [9.17, 15) is 4.79 Å². The molecule has 4 nitrogen and oxygen atoms in total. The Hall–Kier alpha value is -2.33. The fourth-order valence-corrected chi connectivity index (χ4v) is 2.25. The van der Waals surface area contributed by atoms with E-state index < -0.39 is 0 Å². The maximum atomic E-state index is 11.8. The molecule has 120 valence electrons. The van der Waals surface area contributed by atoms with Crippen LogP contribution in [-0.2, 0) is 4.79 Å². The first-order valence-corrected chi connectivity index (χ1v) is 7.61. The van der Waals surface area contributed by atoms with Gasteiger partial charge in [-0.25, -0.2) is 5.43 Å². The molecule has 0 saturated carbocycles. The van der Waals surface area contributed by atoms with Gasteiger partial charge >= 0.3 is 0 Å². The minimum absolute atomic E-state index is 0.105. The third-order valence-electron chi connectivity index (χ3n) is 3.32. The van der Waals surface area contributed by atoms with Crippen molar-refractivity contribution in [2.45, 2.75) is 20.8 Å². The van der Waals surface area contributed by atoms with Crippen LogP contribution < -0.4 is 10.2 Å². The lowest BCUT2D eigenvalue weighted by Crippen LogP contribution is -2.24. The SMILES string of the molecule is Cc1ccc(C)c(/C=N\NC(=O)COc2ccc(Cl)cc2C)c1. The molecular formula is C18H19ClN2O2. The summed E-state index contributed by atoms with van der Waals surface area (Å²) in [5.74, 6) is 0.309. The number of aryl methyl sites for hydroxylation is 3. The predicted molar refractivity (Wildman–Crippen MR) is 93.3 cm³/mol. The number of nitrogens with zero attached hydrogens (tertiary/aromatic N) is 1. The second-order valence-electron chi connectivity index (χ2n) is 5.35. The Bertz CT molecular complexity index is 742. The summed E-state index contributed by atoms with van der Waals surface area (Å²) in [6.45, 7) is 5.77. The number of rotatable bonds is 5. The van der Waals surface area contributed by atoms with E-state index in [2.05, 4.69) is 10.5 Å². The van der Waals surface area contributed by atoms with Gasteiger partial charge in [-0.3, -0.25) is 4.79 Å². The molecule has 0 aliphatic heterocycles. The summed E-state index contributed by atoms with van der Waals surface area (Å²) in [7, 11) is 0. The number of amides is 1. The average molecular weight is 331 g/mol. The van der Waals surface area contributed by atoms with Gasteiger partial charge in [0.15, 0.2) is 6.61 Å². The van der Waals surface area contributed by atoms with Crippen LogP contribution in [0.3, 0.4) is 0 Å². The van der Waals surface area contributed by atoms with E-state index in [0.717, 1.165) is 22.3 Å². The zero-order valence-electron chi connectivity index (χ0n) is 13.4. The smallest absolute Gasteiger partial charge is 0.277 e. The normalized spacial score (nSPS) is 10.8. The van der Waals surface area contributed by atoms with E-state index in [0.29, 0.717) is 10.8 Å². The van der Waals surface area contributed by atoms with Crippen molar-refractivity contribution in [1.82, 2.24) is 5.43 Å². The summed E-state index contributed by atoms with van der Waals surface area (Å²) in [5, 5.41) is 4.60. The van der Waals surface area contributed by atoms with Crippen LogP contribution in [0.15, 0.2) is 41.5 Å². The van der Waals surface area contributed by atoms with E-state index in [1.54, 1.807) is 24.4 Å². The van der Waals surface area contributed by atoms with Gasteiger partial charge in [0.25, 0.3) is 5.91 Å². The van der Waals surface area contributed by atoms with Gasteiger partial charge in [-0.15, -0.1) is 0 Å². The molecule has 2 aromatic carbocycles. The third-order valence-corrected chi connectivity index (χ3v) is 3.56. The zero-order chi connectivity index (χ0) is 16.8. The summed E-state index contributed by atoms with van der Waals surface area (Å²) < 4.78 is 5.45. The zero-order valence-corrected chi connectivity index (χ0v) is 14.1. The van der Waals surface area contributed by atoms with Crippen LogP contribution in [0.1, 0.15) is 22.3 Å². The number of carbonyl (C=O) groups is 1. The summed E-state index contributed by atoms with van der Waals surface area (Å²) >= 11 is 5.88. The van der Waals surface area contributed by atoms with Gasteiger partial charge in [-0.1, -0.05) is 35.4 Å². The molecule has 0 heterocycles. The molecule has 2 rings (SSSR count). The number of benzene rings is 2. The number of hydrazone groups is 1. The van der Waals surface area contributed by atoms with Crippen molar-refractivity contribution in [3.63, 3.8) is 0 Å². The Balaban J connectivity index is 1.87. The van der Waals surface area contributed by atoms with Crippen LogP contribution in [0.2, 0.25) is 5.02 Å². The second-order valence-corrected chi connectivity index (χ2v) is 5.79. The Kier molecular flexibility index (Phi) is 5.77. The van der Waals surface area contributed by atoms with Gasteiger partial charge in [0.1, 0.15) is 5.75 Å². The van der Waals surface area contributed by atoms with Crippen LogP contribution in [0, 0.1) is 20.8 Å². The third kappa shape index (κ3) is 5.11. The molecule has 2 aromatic rings. The molecule has 0 unspecified atom stereocenters. The highest BCUT2D eigenvalue weighted by molar-refractivity contribution is 6.30. The lowest BCUT2D eigenvalue weighted by atomic mass is 10.1. The number of ether oxygens (including phenoxy) is 1. The lowest BCUT2D eigenvalue weighted by Gasteiger charge is -2.08. The molecule has 0 saturated heterocycles. The molecule has 0 aliphatic carbocycles. The van der Waals surface area contributed by atoms with Gasteiger partial charge < -0.3 is 4.74 Å². The maximum Gasteiger partial charge on any atom is 0.277 e. The second kappa shape index (κ2) is 7.79. The first-order chi connectivity index (χ1) is 11.0. The molecule has 23 heavy (non-hydrogen) atoms. The Morgan fingerprint density at radius 3 is 2.70 bits per heavy atom. The van der Waals surface area contributed by atoms with Crippen molar-refractivity contribution in [2.24, 2.45) is 5.10 Å². The largest absolute Gasteiger partial charge is 0.483 e. The molecule has 1 amide bonds. The van der Waals surface area contributed by atoms with Crippen LogP contribution in [0.25, 0.3) is 0 Å². The van der Waals surface area contributed by atoms with Crippen molar-refractivity contribution in [1.29, 1.82) is 0 Å². The highest BCUT2D eigenvalue weighted by atomic mass is 35.5. The standard InChI is InChI=1S/C18H19ClN2O2/c1-12-4-5-13(2)15(8-12)10-20-21-18(22)11-23-17-7-6-16(19)9-14(17)3/h4-10H,11H2,1-3H3,(H,21,22)/b20-10-. The highest BCUT2D eigenvalue weighted by Crippen LogP contribution is 2.21. The molecule has 1 N–H and O–H groups in total. The van der Waals surface area contributed by atoms with E-state index in [4.69, 9.17) is 16.3 Å². The predicted octanol–water partition coefficient (Wildman–Crippen LogP) is 3.79.